The third kappa shape index (κ3) is 5.28. The Balaban J connectivity index is 0.000000171. The Hall–Kier alpha value is -5.91. The second-order valence-corrected chi connectivity index (χ2v) is 9.29. The smallest absolute Gasteiger partial charge is 0.269 e. The SMILES string of the molecule is O=Nc1c(O)n(Cc2cccc([N+](=O)[O-])c2)c2ccc(F)cc12.O=Nc1c(O)n(Cc2ccccc2)c2ccccc12. The van der Waals surface area contributed by atoms with Crippen LogP contribution in [0.5, 0.6) is 11.8 Å². The van der Waals surface area contributed by atoms with E-state index in [-0.39, 0.29) is 34.9 Å². The molecule has 0 bridgehead atoms. The molecule has 2 N–H and O–H groups in total. The van der Waals surface area contributed by atoms with Gasteiger partial charge in [-0.2, -0.15) is 0 Å². The quantitative estimate of drug-likeness (QED) is 0.115. The van der Waals surface area contributed by atoms with E-state index in [9.17, 15) is 34.5 Å². The van der Waals surface area contributed by atoms with Gasteiger partial charge in [0.25, 0.3) is 5.69 Å². The van der Waals surface area contributed by atoms with Crippen molar-refractivity contribution in [1.29, 1.82) is 0 Å². The Bertz CT molecular complexity index is 1950. The van der Waals surface area contributed by atoms with E-state index in [0.29, 0.717) is 23.0 Å². The highest BCUT2D eigenvalue weighted by molar-refractivity contribution is 5.96. The fraction of sp³-hybridized carbons (Fsp3) is 0.0667. The standard InChI is InChI=1S/C15H10FN3O4.C15H12N2O2/c16-10-4-5-13-12(7-10)14(17-21)15(20)18(13)8-9-2-1-3-11(6-9)19(22)23;18-15-14(16-19)12-8-4-5-9-13(12)17(15)10-11-6-2-1-3-7-11/h1-7,20H,8H2;1-9,18H,10H2. The molecule has 0 saturated carbocycles. The van der Waals surface area contributed by atoms with Crippen LogP contribution in [0.1, 0.15) is 11.1 Å². The number of non-ortho nitro benzene ring substituents is 1. The van der Waals surface area contributed by atoms with Gasteiger partial charge in [-0.3, -0.25) is 10.1 Å². The summed E-state index contributed by atoms with van der Waals surface area (Å²) in [5, 5.41) is 37.7. The number of nitro benzene ring substituents is 1. The molecule has 11 nitrogen and oxygen atoms in total. The molecule has 6 aromatic rings. The maximum Gasteiger partial charge on any atom is 0.269 e. The lowest BCUT2D eigenvalue weighted by molar-refractivity contribution is -0.384. The summed E-state index contributed by atoms with van der Waals surface area (Å²) in [6.07, 6.45) is 0. The second kappa shape index (κ2) is 11.7. The van der Waals surface area contributed by atoms with Gasteiger partial charge < -0.3 is 19.3 Å². The number of nitrogens with zero attached hydrogens (tertiary/aromatic N) is 5. The van der Waals surface area contributed by atoms with Crippen LogP contribution in [0.2, 0.25) is 0 Å². The molecular formula is C30H22FN5O6. The van der Waals surface area contributed by atoms with Gasteiger partial charge in [-0.25, -0.2) is 4.39 Å². The number of benzene rings is 4. The first-order valence-electron chi connectivity index (χ1n) is 12.6. The molecule has 12 heteroatoms. The maximum absolute atomic E-state index is 13.4. The van der Waals surface area contributed by atoms with E-state index in [0.717, 1.165) is 17.1 Å². The predicted molar refractivity (Wildman–Crippen MR) is 156 cm³/mol. The molecule has 0 saturated heterocycles. The Kier molecular flexibility index (Phi) is 7.69. The monoisotopic (exact) mass is 567 g/mol. The summed E-state index contributed by atoms with van der Waals surface area (Å²) in [4.78, 5) is 32.1. The second-order valence-electron chi connectivity index (χ2n) is 9.29. The average Bonchev–Trinajstić information content (AvgIpc) is 3.42. The van der Waals surface area contributed by atoms with E-state index in [1.54, 1.807) is 16.7 Å². The van der Waals surface area contributed by atoms with Crippen LogP contribution in [0, 0.1) is 25.7 Å². The number of nitro groups is 1. The van der Waals surface area contributed by atoms with Crippen LogP contribution in [0.15, 0.2) is 107 Å². The fourth-order valence-corrected chi connectivity index (χ4v) is 4.78. The molecule has 2 heterocycles. The van der Waals surface area contributed by atoms with E-state index < -0.39 is 16.6 Å². The van der Waals surface area contributed by atoms with Crippen LogP contribution in [0.25, 0.3) is 21.8 Å². The summed E-state index contributed by atoms with van der Waals surface area (Å²) < 4.78 is 16.4. The molecule has 210 valence electrons. The number of hydrogen-bond donors (Lipinski definition) is 2. The van der Waals surface area contributed by atoms with Gasteiger partial charge >= 0.3 is 0 Å². The van der Waals surface area contributed by atoms with Gasteiger partial charge in [-0.05, 0) is 45.7 Å². The predicted octanol–water partition coefficient (Wildman–Crippen LogP) is 7.63. The number of nitroso groups, excluding NO2 is 2. The molecule has 4 aromatic carbocycles. The molecule has 0 unspecified atom stereocenters. The zero-order valence-electron chi connectivity index (χ0n) is 21.8. The van der Waals surface area contributed by atoms with Crippen molar-refractivity contribution in [3.8, 4) is 11.8 Å². The van der Waals surface area contributed by atoms with E-state index in [2.05, 4.69) is 10.4 Å². The minimum Gasteiger partial charge on any atom is -0.493 e. The zero-order chi connectivity index (χ0) is 29.8. The largest absolute Gasteiger partial charge is 0.493 e. The van der Waals surface area contributed by atoms with Crippen molar-refractivity contribution in [2.45, 2.75) is 13.1 Å². The summed E-state index contributed by atoms with van der Waals surface area (Å²) in [5.41, 5.74) is 2.57. The van der Waals surface area contributed by atoms with Gasteiger partial charge in [-0.15, -0.1) is 9.81 Å². The topological polar surface area (TPSA) is 152 Å². The van der Waals surface area contributed by atoms with Crippen molar-refractivity contribution in [1.82, 2.24) is 9.13 Å². The highest BCUT2D eigenvalue weighted by Crippen LogP contribution is 2.40. The zero-order valence-corrected chi connectivity index (χ0v) is 21.8. The third-order valence-corrected chi connectivity index (χ3v) is 6.72. The Morgan fingerprint density at radius 3 is 1.93 bits per heavy atom. The van der Waals surface area contributed by atoms with Crippen LogP contribution >= 0.6 is 0 Å². The normalized spacial score (nSPS) is 10.8. The fourth-order valence-electron chi connectivity index (χ4n) is 4.78. The minimum absolute atomic E-state index is 0.0746. The first kappa shape index (κ1) is 27.6. The molecule has 6 rings (SSSR count). The van der Waals surface area contributed by atoms with Crippen LogP contribution in [-0.4, -0.2) is 24.3 Å². The number of hydrogen-bond acceptors (Lipinski definition) is 8. The van der Waals surface area contributed by atoms with Gasteiger partial charge in [0.05, 0.1) is 29.0 Å². The van der Waals surface area contributed by atoms with Crippen LogP contribution in [0.4, 0.5) is 21.5 Å². The lowest BCUT2D eigenvalue weighted by Gasteiger charge is -2.07. The number of fused-ring (bicyclic) bond motifs is 2. The molecule has 0 amide bonds. The van der Waals surface area contributed by atoms with E-state index >= 15 is 0 Å². The van der Waals surface area contributed by atoms with E-state index in [1.807, 2.05) is 48.5 Å². The average molecular weight is 568 g/mol. The molecule has 0 atom stereocenters. The first-order valence-corrected chi connectivity index (χ1v) is 12.6. The molecule has 0 fully saturated rings. The number of aromatic hydroxyl groups is 2. The van der Waals surface area contributed by atoms with Crippen molar-refractivity contribution in [3.63, 3.8) is 0 Å². The lowest BCUT2D eigenvalue weighted by atomic mass is 10.2. The van der Waals surface area contributed by atoms with Crippen LogP contribution < -0.4 is 0 Å². The summed E-state index contributed by atoms with van der Waals surface area (Å²) in [5.74, 6) is -1.05. The molecule has 2 aromatic heterocycles. The molecular weight excluding hydrogens is 545 g/mol. The Morgan fingerprint density at radius 1 is 0.690 bits per heavy atom. The van der Waals surface area contributed by atoms with Gasteiger partial charge in [0.15, 0.2) is 11.4 Å². The first-order chi connectivity index (χ1) is 20.3. The number of halogens is 1. The summed E-state index contributed by atoms with van der Waals surface area (Å²) in [6, 6.07) is 26.7. The summed E-state index contributed by atoms with van der Waals surface area (Å²) in [7, 11) is 0. The maximum atomic E-state index is 13.4. The van der Waals surface area contributed by atoms with Gasteiger partial charge in [0.2, 0.25) is 11.8 Å². The molecule has 0 aliphatic heterocycles. The lowest BCUT2D eigenvalue weighted by Crippen LogP contribution is -1.99. The van der Waals surface area contributed by atoms with Gasteiger partial charge in [0.1, 0.15) is 5.82 Å². The minimum atomic E-state index is -0.560. The Morgan fingerprint density at radius 2 is 1.26 bits per heavy atom. The molecule has 0 spiro atoms. The van der Waals surface area contributed by atoms with Crippen molar-refractivity contribution in [3.05, 3.63) is 134 Å². The Labute approximate surface area is 236 Å². The van der Waals surface area contributed by atoms with Crippen molar-refractivity contribution < 1.29 is 19.5 Å². The summed E-state index contributed by atoms with van der Waals surface area (Å²) in [6.45, 7) is 0.577. The van der Waals surface area contributed by atoms with Crippen molar-refractivity contribution >= 4 is 38.9 Å². The van der Waals surface area contributed by atoms with Crippen LogP contribution in [0.3, 0.4) is 0 Å². The van der Waals surface area contributed by atoms with E-state index in [1.165, 1.54) is 34.9 Å². The molecule has 0 radical (unpaired) electrons. The summed E-state index contributed by atoms with van der Waals surface area (Å²) >= 11 is 0. The van der Waals surface area contributed by atoms with Crippen molar-refractivity contribution in [2.24, 2.45) is 10.4 Å². The van der Waals surface area contributed by atoms with Crippen molar-refractivity contribution in [2.75, 3.05) is 0 Å². The number of para-hydroxylation sites is 1. The number of aromatic nitrogens is 2. The van der Waals surface area contributed by atoms with Crippen LogP contribution in [-0.2, 0) is 13.1 Å². The third-order valence-electron chi connectivity index (χ3n) is 6.72. The highest BCUT2D eigenvalue weighted by atomic mass is 19.1. The van der Waals surface area contributed by atoms with Gasteiger partial charge in [0, 0.05) is 22.9 Å². The molecule has 0 aliphatic carbocycles. The molecule has 0 aliphatic rings. The highest BCUT2D eigenvalue weighted by Gasteiger charge is 2.19. The van der Waals surface area contributed by atoms with Gasteiger partial charge in [-0.1, -0.05) is 60.7 Å². The molecule has 42 heavy (non-hydrogen) atoms. The van der Waals surface area contributed by atoms with E-state index in [4.69, 9.17) is 0 Å². The number of rotatable bonds is 7.